The number of hydrogen-bond acceptors (Lipinski definition) is 3. The monoisotopic (exact) mass is 206 g/mol. The third-order valence-corrected chi connectivity index (χ3v) is 3.83. The van der Waals surface area contributed by atoms with E-state index in [9.17, 15) is 14.6 Å². The summed E-state index contributed by atoms with van der Waals surface area (Å²) in [6.07, 6.45) is -1.19. The second kappa shape index (κ2) is 3.43. The van der Waals surface area contributed by atoms with Gasteiger partial charge in [0.25, 0.3) is 0 Å². The minimum Gasteiger partial charge on any atom is -0.396 e. The Kier molecular flexibility index (Phi) is 2.91. The normalized spacial score (nSPS) is 48.9. The summed E-state index contributed by atoms with van der Waals surface area (Å²) in [6, 6.07) is 0. The van der Waals surface area contributed by atoms with Crippen molar-refractivity contribution in [2.24, 2.45) is 17.3 Å². The molecule has 0 bridgehead atoms. The maximum atomic E-state index is 13.9. The van der Waals surface area contributed by atoms with Crippen LogP contribution in [0.5, 0.6) is 0 Å². The summed E-state index contributed by atoms with van der Waals surface area (Å²) >= 11 is 0. The fraction of sp³-hybridized carbons (Fsp3) is 1.00. The lowest BCUT2D eigenvalue weighted by atomic mass is 9.74. The molecular formula is C10H19FO3. The first kappa shape index (κ1) is 11.9. The molecule has 0 spiro atoms. The number of aliphatic hydroxyl groups is 3. The van der Waals surface area contributed by atoms with E-state index in [1.807, 2.05) is 0 Å². The molecule has 84 valence electrons. The molecule has 0 amide bonds. The molecule has 14 heavy (non-hydrogen) atoms. The van der Waals surface area contributed by atoms with Crippen LogP contribution in [-0.2, 0) is 0 Å². The van der Waals surface area contributed by atoms with E-state index < -0.39 is 23.3 Å². The van der Waals surface area contributed by atoms with Gasteiger partial charge in [-0.25, -0.2) is 4.39 Å². The molecule has 1 rings (SSSR count). The average Bonchev–Trinajstić information content (AvgIpc) is 2.27. The summed E-state index contributed by atoms with van der Waals surface area (Å²) in [5.74, 6) is -3.27. The molecule has 1 aliphatic carbocycles. The highest BCUT2D eigenvalue weighted by molar-refractivity contribution is 5.05. The average molecular weight is 206 g/mol. The van der Waals surface area contributed by atoms with Crippen molar-refractivity contribution in [2.45, 2.75) is 39.2 Å². The third kappa shape index (κ3) is 1.36. The molecule has 4 heteroatoms. The Bertz CT molecular complexity index is 217. The summed E-state index contributed by atoms with van der Waals surface area (Å²) in [5, 5.41) is 28.1. The quantitative estimate of drug-likeness (QED) is 0.622. The predicted molar refractivity (Wildman–Crippen MR) is 50.2 cm³/mol. The predicted octanol–water partition coefficient (Wildman–Crippen LogP) is 0.680. The van der Waals surface area contributed by atoms with E-state index in [1.54, 1.807) is 20.8 Å². The van der Waals surface area contributed by atoms with Gasteiger partial charge in [-0.3, -0.25) is 0 Å². The minimum absolute atomic E-state index is 0.0938. The Hall–Kier alpha value is -0.190. The molecule has 1 fully saturated rings. The Morgan fingerprint density at radius 3 is 2.21 bits per heavy atom. The SMILES string of the molecule is CC(C)[C@]1(C)C[C@H](CO)[C@@H](O)[C@]1(O)F. The first-order valence-electron chi connectivity index (χ1n) is 4.97. The van der Waals surface area contributed by atoms with Crippen molar-refractivity contribution in [3.8, 4) is 0 Å². The van der Waals surface area contributed by atoms with Crippen LogP contribution in [0.1, 0.15) is 27.2 Å². The Balaban J connectivity index is 3.01. The zero-order chi connectivity index (χ0) is 11.1. The van der Waals surface area contributed by atoms with E-state index in [1.165, 1.54) is 0 Å². The van der Waals surface area contributed by atoms with Gasteiger partial charge in [-0.1, -0.05) is 20.8 Å². The Morgan fingerprint density at radius 1 is 1.50 bits per heavy atom. The van der Waals surface area contributed by atoms with Gasteiger partial charge in [0.15, 0.2) is 0 Å². The van der Waals surface area contributed by atoms with Crippen LogP contribution in [0.4, 0.5) is 4.39 Å². The van der Waals surface area contributed by atoms with Crippen molar-refractivity contribution >= 4 is 0 Å². The summed E-state index contributed by atoms with van der Waals surface area (Å²) in [4.78, 5) is 0. The molecule has 4 atom stereocenters. The van der Waals surface area contributed by atoms with Crippen LogP contribution in [0.3, 0.4) is 0 Å². The lowest BCUT2D eigenvalue weighted by Gasteiger charge is -2.37. The first-order valence-corrected chi connectivity index (χ1v) is 4.97. The maximum Gasteiger partial charge on any atom is 0.238 e. The van der Waals surface area contributed by atoms with Crippen LogP contribution in [0.25, 0.3) is 0 Å². The van der Waals surface area contributed by atoms with Crippen LogP contribution in [-0.4, -0.2) is 33.9 Å². The molecule has 0 radical (unpaired) electrons. The van der Waals surface area contributed by atoms with Gasteiger partial charge < -0.3 is 15.3 Å². The molecule has 3 N–H and O–H groups in total. The molecule has 0 aliphatic heterocycles. The molecule has 0 aromatic heterocycles. The number of halogens is 1. The van der Waals surface area contributed by atoms with Gasteiger partial charge in [-0.15, -0.1) is 0 Å². The van der Waals surface area contributed by atoms with Crippen LogP contribution >= 0.6 is 0 Å². The smallest absolute Gasteiger partial charge is 0.238 e. The zero-order valence-electron chi connectivity index (χ0n) is 8.87. The number of rotatable bonds is 2. The van der Waals surface area contributed by atoms with Crippen molar-refractivity contribution < 1.29 is 19.7 Å². The molecule has 1 aliphatic rings. The molecule has 0 aromatic carbocycles. The lowest BCUT2D eigenvalue weighted by Crippen LogP contribution is -2.48. The van der Waals surface area contributed by atoms with Gasteiger partial charge >= 0.3 is 0 Å². The highest BCUT2D eigenvalue weighted by atomic mass is 19.2. The van der Waals surface area contributed by atoms with E-state index in [2.05, 4.69) is 0 Å². The minimum atomic E-state index is -2.60. The fourth-order valence-corrected chi connectivity index (χ4v) is 2.25. The molecule has 0 unspecified atom stereocenters. The van der Waals surface area contributed by atoms with Gasteiger partial charge in [0.2, 0.25) is 5.85 Å². The maximum absolute atomic E-state index is 13.9. The van der Waals surface area contributed by atoms with Crippen LogP contribution < -0.4 is 0 Å². The topological polar surface area (TPSA) is 60.7 Å². The number of alkyl halides is 1. The van der Waals surface area contributed by atoms with Crippen molar-refractivity contribution in [3.63, 3.8) is 0 Å². The molecule has 3 nitrogen and oxygen atoms in total. The molecule has 0 saturated heterocycles. The van der Waals surface area contributed by atoms with Crippen molar-refractivity contribution in [1.82, 2.24) is 0 Å². The van der Waals surface area contributed by atoms with Crippen LogP contribution in [0.2, 0.25) is 0 Å². The van der Waals surface area contributed by atoms with E-state index in [0.717, 1.165) is 0 Å². The second-order valence-electron chi connectivity index (χ2n) is 4.84. The van der Waals surface area contributed by atoms with Gasteiger partial charge in [-0.2, -0.15) is 0 Å². The summed E-state index contributed by atoms with van der Waals surface area (Å²) in [5.41, 5.74) is -0.986. The van der Waals surface area contributed by atoms with Gasteiger partial charge in [0.1, 0.15) is 6.10 Å². The Labute approximate surface area is 83.6 Å². The van der Waals surface area contributed by atoms with E-state index in [0.29, 0.717) is 6.42 Å². The summed E-state index contributed by atoms with van der Waals surface area (Å²) in [7, 11) is 0. The summed E-state index contributed by atoms with van der Waals surface area (Å²) in [6.45, 7) is 4.92. The van der Waals surface area contributed by atoms with Gasteiger partial charge in [-0.05, 0) is 12.3 Å². The zero-order valence-corrected chi connectivity index (χ0v) is 8.87. The Morgan fingerprint density at radius 2 is 2.00 bits per heavy atom. The lowest BCUT2D eigenvalue weighted by molar-refractivity contribution is -0.225. The van der Waals surface area contributed by atoms with E-state index in [-0.39, 0.29) is 12.5 Å². The standard InChI is InChI=1S/C10H19FO3/c1-6(2)9(3)4-7(5-12)8(13)10(9,11)14/h6-8,12-14H,4-5H2,1-3H3/t7-,8-,9+,10-/m1/s1. The third-order valence-electron chi connectivity index (χ3n) is 3.83. The van der Waals surface area contributed by atoms with Crippen molar-refractivity contribution in [2.75, 3.05) is 6.61 Å². The highest BCUT2D eigenvalue weighted by Crippen LogP contribution is 2.54. The number of hydrogen-bond donors (Lipinski definition) is 3. The fourth-order valence-electron chi connectivity index (χ4n) is 2.25. The highest BCUT2D eigenvalue weighted by Gasteiger charge is 2.62. The molecule has 1 saturated carbocycles. The largest absolute Gasteiger partial charge is 0.396 e. The van der Waals surface area contributed by atoms with E-state index in [4.69, 9.17) is 5.11 Å². The summed E-state index contributed by atoms with van der Waals surface area (Å²) < 4.78 is 13.9. The van der Waals surface area contributed by atoms with E-state index >= 15 is 0 Å². The molecule has 0 heterocycles. The van der Waals surface area contributed by atoms with Gasteiger partial charge in [0.05, 0.1) is 0 Å². The number of aliphatic hydroxyl groups excluding tert-OH is 2. The first-order chi connectivity index (χ1) is 6.27. The van der Waals surface area contributed by atoms with Crippen molar-refractivity contribution in [1.29, 1.82) is 0 Å². The molecular weight excluding hydrogens is 187 g/mol. The van der Waals surface area contributed by atoms with Crippen LogP contribution in [0, 0.1) is 17.3 Å². The van der Waals surface area contributed by atoms with Crippen molar-refractivity contribution in [3.05, 3.63) is 0 Å². The van der Waals surface area contributed by atoms with Crippen LogP contribution in [0.15, 0.2) is 0 Å². The van der Waals surface area contributed by atoms with Gasteiger partial charge in [0, 0.05) is 17.9 Å². The molecule has 0 aromatic rings. The second-order valence-corrected chi connectivity index (χ2v) is 4.84.